The molecule has 2 aromatic heterocycles. The summed E-state index contributed by atoms with van der Waals surface area (Å²) in [7, 11) is 0. The molecule has 0 amide bonds. The Kier molecular flexibility index (Phi) is 4.03. The van der Waals surface area contributed by atoms with E-state index in [1.807, 2.05) is 25.2 Å². The molecule has 0 fully saturated rings. The highest BCUT2D eigenvalue weighted by Gasteiger charge is 2.18. The maximum Gasteiger partial charge on any atom is 0.0983 e. The lowest BCUT2D eigenvalue weighted by Gasteiger charge is -2.20. The van der Waals surface area contributed by atoms with E-state index < -0.39 is 0 Å². The van der Waals surface area contributed by atoms with Crippen LogP contribution in [-0.4, -0.2) is 9.97 Å². The first-order chi connectivity index (χ1) is 11.1. The van der Waals surface area contributed by atoms with Crippen molar-refractivity contribution in [2.24, 2.45) is 5.41 Å². The van der Waals surface area contributed by atoms with Crippen LogP contribution >= 0.6 is 11.3 Å². The van der Waals surface area contributed by atoms with E-state index in [4.69, 9.17) is 9.97 Å². The summed E-state index contributed by atoms with van der Waals surface area (Å²) in [4.78, 5) is 11.2. The highest BCUT2D eigenvalue weighted by molar-refractivity contribution is 7.19. The molecule has 0 N–H and O–H groups in total. The third kappa shape index (κ3) is 2.75. The van der Waals surface area contributed by atoms with Crippen LogP contribution in [0.25, 0.3) is 27.2 Å². The van der Waals surface area contributed by atoms with Crippen LogP contribution in [0.15, 0.2) is 11.6 Å². The Morgan fingerprint density at radius 3 is 2.17 bits per heavy atom. The van der Waals surface area contributed by atoms with Gasteiger partial charge in [-0.05, 0) is 51.7 Å². The zero-order valence-corrected chi connectivity index (χ0v) is 16.8. The Labute approximate surface area is 148 Å². The summed E-state index contributed by atoms with van der Waals surface area (Å²) in [5.41, 5.74) is 8.14. The Balaban J connectivity index is 2.50. The average molecular weight is 339 g/mol. The standard InChI is InChI=1S/C21H26N2S/c1-11(21(6,7)8)9-16-13(3)20-17(10-12(2)24-20)19-18(16)22-14(4)15(5)23-19/h9-10H,1-8H3/b11-9+. The molecule has 0 aliphatic carbocycles. The molecule has 0 aliphatic rings. The molecule has 126 valence electrons. The van der Waals surface area contributed by atoms with Gasteiger partial charge in [0.1, 0.15) is 0 Å². The van der Waals surface area contributed by atoms with Gasteiger partial charge in [-0.3, -0.25) is 0 Å². The quantitative estimate of drug-likeness (QED) is 0.504. The minimum atomic E-state index is 0.145. The van der Waals surface area contributed by atoms with Crippen molar-refractivity contribution < 1.29 is 0 Å². The summed E-state index contributed by atoms with van der Waals surface area (Å²) in [5, 5.41) is 1.24. The molecule has 2 nitrogen and oxygen atoms in total. The number of aromatic nitrogens is 2. The summed E-state index contributed by atoms with van der Waals surface area (Å²) >= 11 is 1.86. The van der Waals surface area contributed by atoms with E-state index in [0.717, 1.165) is 22.4 Å². The van der Waals surface area contributed by atoms with Crippen molar-refractivity contribution in [2.75, 3.05) is 0 Å². The first kappa shape index (κ1) is 17.1. The molecule has 0 atom stereocenters. The van der Waals surface area contributed by atoms with Gasteiger partial charge in [-0.25, -0.2) is 9.97 Å². The van der Waals surface area contributed by atoms with Gasteiger partial charge in [0.25, 0.3) is 0 Å². The molecule has 0 aliphatic heterocycles. The van der Waals surface area contributed by atoms with Gasteiger partial charge < -0.3 is 0 Å². The van der Waals surface area contributed by atoms with E-state index in [1.54, 1.807) is 0 Å². The SMILES string of the molecule is C/C(=C\c1c(C)c2sc(C)cc2c2nc(C)c(C)nc12)C(C)(C)C. The summed E-state index contributed by atoms with van der Waals surface area (Å²) in [5.74, 6) is 0. The molecule has 3 rings (SSSR count). The van der Waals surface area contributed by atoms with Gasteiger partial charge in [0, 0.05) is 20.5 Å². The minimum Gasteiger partial charge on any atom is -0.249 e. The van der Waals surface area contributed by atoms with E-state index in [9.17, 15) is 0 Å². The van der Waals surface area contributed by atoms with Crippen LogP contribution in [-0.2, 0) is 0 Å². The number of hydrogen-bond acceptors (Lipinski definition) is 3. The van der Waals surface area contributed by atoms with E-state index in [0.29, 0.717) is 0 Å². The van der Waals surface area contributed by atoms with Crippen molar-refractivity contribution in [1.82, 2.24) is 9.97 Å². The fraction of sp³-hybridized carbons (Fsp3) is 0.429. The summed E-state index contributed by atoms with van der Waals surface area (Å²) in [6.45, 7) is 17.5. The predicted molar refractivity (Wildman–Crippen MR) is 107 cm³/mol. The van der Waals surface area contributed by atoms with Crippen LogP contribution in [0.3, 0.4) is 0 Å². The van der Waals surface area contributed by atoms with Gasteiger partial charge in [0.15, 0.2) is 0 Å². The second kappa shape index (κ2) is 5.66. The van der Waals surface area contributed by atoms with Gasteiger partial charge in [0.2, 0.25) is 0 Å². The van der Waals surface area contributed by atoms with Crippen molar-refractivity contribution in [1.29, 1.82) is 0 Å². The number of fused-ring (bicyclic) bond motifs is 3. The van der Waals surface area contributed by atoms with Crippen molar-refractivity contribution in [3.63, 3.8) is 0 Å². The van der Waals surface area contributed by atoms with Gasteiger partial charge in [0.05, 0.1) is 22.4 Å². The minimum absolute atomic E-state index is 0.145. The Bertz CT molecular complexity index is 985. The van der Waals surface area contributed by atoms with Gasteiger partial charge in [-0.15, -0.1) is 11.3 Å². The number of benzene rings is 1. The average Bonchev–Trinajstić information content (AvgIpc) is 2.86. The zero-order valence-electron chi connectivity index (χ0n) is 16.0. The molecular weight excluding hydrogens is 312 g/mol. The van der Waals surface area contributed by atoms with Gasteiger partial charge >= 0.3 is 0 Å². The van der Waals surface area contributed by atoms with Gasteiger partial charge in [-0.1, -0.05) is 32.4 Å². The fourth-order valence-corrected chi connectivity index (χ4v) is 3.88. The number of aryl methyl sites for hydroxylation is 4. The van der Waals surface area contributed by atoms with E-state index >= 15 is 0 Å². The molecule has 0 spiro atoms. The smallest absolute Gasteiger partial charge is 0.0983 e. The number of rotatable bonds is 1. The summed E-state index contributed by atoms with van der Waals surface area (Å²) < 4.78 is 1.34. The molecule has 3 aromatic rings. The number of allylic oxidation sites excluding steroid dienone is 1. The van der Waals surface area contributed by atoms with Crippen LogP contribution in [0.1, 0.15) is 55.1 Å². The van der Waals surface area contributed by atoms with E-state index in [1.165, 1.54) is 31.7 Å². The third-order valence-corrected chi connectivity index (χ3v) is 6.13. The van der Waals surface area contributed by atoms with E-state index in [2.05, 4.69) is 53.7 Å². The van der Waals surface area contributed by atoms with Crippen molar-refractivity contribution in [3.8, 4) is 0 Å². The summed E-state index contributed by atoms with van der Waals surface area (Å²) in [6, 6.07) is 2.25. The second-order valence-corrected chi connectivity index (χ2v) is 9.06. The first-order valence-electron chi connectivity index (χ1n) is 8.46. The highest BCUT2D eigenvalue weighted by atomic mass is 32.1. The van der Waals surface area contributed by atoms with Crippen molar-refractivity contribution in [3.05, 3.63) is 39.0 Å². The van der Waals surface area contributed by atoms with Crippen LogP contribution in [0.2, 0.25) is 0 Å². The Hall–Kier alpha value is -1.74. The molecule has 0 bridgehead atoms. The third-order valence-electron chi connectivity index (χ3n) is 4.96. The van der Waals surface area contributed by atoms with Crippen LogP contribution in [0.5, 0.6) is 0 Å². The maximum absolute atomic E-state index is 4.93. The maximum atomic E-state index is 4.93. The highest BCUT2D eigenvalue weighted by Crippen LogP contribution is 2.38. The molecule has 0 saturated heterocycles. The van der Waals surface area contributed by atoms with Crippen molar-refractivity contribution >= 4 is 38.5 Å². The Morgan fingerprint density at radius 2 is 1.58 bits per heavy atom. The van der Waals surface area contributed by atoms with E-state index in [-0.39, 0.29) is 5.41 Å². The normalized spacial score (nSPS) is 13.2. The molecule has 0 radical (unpaired) electrons. The lowest BCUT2D eigenvalue weighted by molar-refractivity contribution is 0.508. The number of hydrogen-bond donors (Lipinski definition) is 0. The zero-order chi connectivity index (χ0) is 17.8. The van der Waals surface area contributed by atoms with Gasteiger partial charge in [-0.2, -0.15) is 0 Å². The molecular formula is C21H26N2S. The van der Waals surface area contributed by atoms with Crippen LogP contribution in [0.4, 0.5) is 0 Å². The molecule has 2 heterocycles. The summed E-state index contributed by atoms with van der Waals surface area (Å²) in [6.07, 6.45) is 2.32. The predicted octanol–water partition coefficient (Wildman–Crippen LogP) is 6.53. The van der Waals surface area contributed by atoms with Crippen LogP contribution < -0.4 is 0 Å². The topological polar surface area (TPSA) is 25.8 Å². The molecule has 3 heteroatoms. The largest absolute Gasteiger partial charge is 0.249 e. The van der Waals surface area contributed by atoms with Crippen LogP contribution in [0, 0.1) is 33.1 Å². The number of thiophene rings is 1. The van der Waals surface area contributed by atoms with Crippen molar-refractivity contribution in [2.45, 2.75) is 55.4 Å². The molecule has 24 heavy (non-hydrogen) atoms. The molecule has 1 aromatic carbocycles. The Morgan fingerprint density at radius 1 is 1.00 bits per heavy atom. The fourth-order valence-electron chi connectivity index (χ4n) is 2.86. The monoisotopic (exact) mass is 338 g/mol. The second-order valence-electron chi connectivity index (χ2n) is 7.81. The molecule has 0 saturated carbocycles. The lowest BCUT2D eigenvalue weighted by Crippen LogP contribution is -2.06. The first-order valence-corrected chi connectivity index (χ1v) is 9.27. The lowest BCUT2D eigenvalue weighted by atomic mass is 9.85. The molecule has 0 unspecified atom stereocenters. The number of nitrogens with zero attached hydrogens (tertiary/aromatic N) is 2.